The van der Waals surface area contributed by atoms with Gasteiger partial charge in [-0.1, -0.05) is 30.7 Å². The zero-order valence-corrected chi connectivity index (χ0v) is 20.5. The van der Waals surface area contributed by atoms with Crippen LogP contribution in [0.2, 0.25) is 0 Å². The number of aliphatic hydroxyl groups is 4. The Kier molecular flexibility index (Phi) is 5.19. The van der Waals surface area contributed by atoms with Gasteiger partial charge in [-0.15, -0.1) is 0 Å². The lowest BCUT2D eigenvalue weighted by Gasteiger charge is -2.46. The van der Waals surface area contributed by atoms with Crippen LogP contribution in [0.1, 0.15) is 44.6 Å². The van der Waals surface area contributed by atoms with Crippen LogP contribution in [0.15, 0.2) is 57.9 Å². The summed E-state index contributed by atoms with van der Waals surface area (Å²) in [7, 11) is 3.71. The predicted molar refractivity (Wildman–Crippen MR) is 132 cm³/mol. The molecule has 1 aromatic heterocycles. The Morgan fingerprint density at radius 1 is 1.14 bits per heavy atom. The molecule has 0 aliphatic heterocycles. The first-order valence-electron chi connectivity index (χ1n) is 12.5. The average molecular weight is 479 g/mol. The van der Waals surface area contributed by atoms with Crippen LogP contribution in [-0.4, -0.2) is 74.4 Å². The lowest BCUT2D eigenvalue weighted by atomic mass is 9.61. The molecular formula is C28H34N2O5. The van der Waals surface area contributed by atoms with Gasteiger partial charge in [-0.3, -0.25) is 0 Å². The Labute approximate surface area is 205 Å². The summed E-state index contributed by atoms with van der Waals surface area (Å²) in [4.78, 5) is 6.18. The Balaban J connectivity index is 1.38. The summed E-state index contributed by atoms with van der Waals surface area (Å²) in [6, 6.07) is 5.72. The van der Waals surface area contributed by atoms with Crippen LogP contribution in [0.3, 0.4) is 0 Å². The minimum Gasteiger partial charge on any atom is -0.443 e. The summed E-state index contributed by atoms with van der Waals surface area (Å²) in [5.74, 6) is 0.205. The molecule has 186 valence electrons. The van der Waals surface area contributed by atoms with Crippen LogP contribution in [0, 0.1) is 11.3 Å². The minimum absolute atomic E-state index is 0.205. The van der Waals surface area contributed by atoms with Crippen molar-refractivity contribution in [3.8, 4) is 0 Å². The minimum atomic E-state index is -1.21. The van der Waals surface area contributed by atoms with E-state index in [1.165, 1.54) is 17.5 Å². The first kappa shape index (κ1) is 23.1. The third kappa shape index (κ3) is 3.33. The van der Waals surface area contributed by atoms with E-state index in [-0.39, 0.29) is 17.4 Å². The Bertz CT molecular complexity index is 1280. The van der Waals surface area contributed by atoms with Crippen LogP contribution >= 0.6 is 0 Å². The number of hydrogen-bond donors (Lipinski definition) is 4. The van der Waals surface area contributed by atoms with Gasteiger partial charge in [0, 0.05) is 11.5 Å². The molecule has 7 atom stereocenters. The second-order valence-corrected chi connectivity index (χ2v) is 11.4. The fourth-order valence-corrected chi connectivity index (χ4v) is 7.32. The molecule has 1 heterocycles. The van der Waals surface area contributed by atoms with E-state index in [1.54, 1.807) is 0 Å². The van der Waals surface area contributed by atoms with Crippen molar-refractivity contribution in [3.05, 3.63) is 59.0 Å². The van der Waals surface area contributed by atoms with E-state index in [1.807, 2.05) is 31.1 Å². The molecule has 6 rings (SSSR count). The number of likely N-dealkylation sites (N-methyl/N-ethyl adjacent to an activating group) is 1. The SMILES string of the molecule is CN(C)C1CC2(O)CCC3=C(C=C2C(O)C1O)C(O)CC1(C)C(c2ccc4ocnc4c2)=CCC31. The molecule has 7 nitrogen and oxygen atoms in total. The number of hydrogen-bond acceptors (Lipinski definition) is 7. The fraction of sp³-hybridized carbons (Fsp3) is 0.536. The fourth-order valence-electron chi connectivity index (χ4n) is 7.32. The van der Waals surface area contributed by atoms with Gasteiger partial charge in [-0.25, -0.2) is 4.98 Å². The normalized spacial score (nSPS) is 39.1. The van der Waals surface area contributed by atoms with Crippen LogP contribution in [0.25, 0.3) is 16.7 Å². The van der Waals surface area contributed by atoms with Crippen molar-refractivity contribution >= 4 is 16.7 Å². The maximum absolute atomic E-state index is 11.7. The molecule has 4 N–H and O–H groups in total. The maximum atomic E-state index is 11.7. The zero-order chi connectivity index (χ0) is 24.7. The summed E-state index contributed by atoms with van der Waals surface area (Å²) in [5.41, 5.74) is 4.84. The molecule has 4 aliphatic carbocycles. The lowest BCUT2D eigenvalue weighted by molar-refractivity contribution is -0.0922. The number of aliphatic hydroxyl groups excluding tert-OH is 3. The van der Waals surface area contributed by atoms with Crippen molar-refractivity contribution in [2.75, 3.05) is 14.1 Å². The first-order valence-corrected chi connectivity index (χ1v) is 12.5. The van der Waals surface area contributed by atoms with E-state index in [9.17, 15) is 20.4 Å². The van der Waals surface area contributed by atoms with Crippen molar-refractivity contribution in [1.29, 1.82) is 0 Å². The van der Waals surface area contributed by atoms with Crippen LogP contribution in [-0.2, 0) is 0 Å². The number of fused-ring (bicyclic) bond motifs is 4. The highest BCUT2D eigenvalue weighted by atomic mass is 16.3. The molecule has 2 aromatic rings. The Morgan fingerprint density at radius 3 is 2.71 bits per heavy atom. The standard InChI is InChI=1S/C28H34N2O5/c1-27-13-23(31)17-11-20-25(32)26(33)22(30(2)3)12-28(20,34)9-8-16(17)19(27)6-5-18(27)15-4-7-24-21(10-15)29-14-35-24/h4-5,7,10-11,14,19,22-23,25-26,31-34H,6,8-9,12-13H2,1-3H3. The number of aromatic nitrogens is 1. The number of allylic oxidation sites excluding steroid dienone is 3. The molecular weight excluding hydrogens is 444 g/mol. The number of oxazole rings is 1. The molecule has 1 aromatic carbocycles. The van der Waals surface area contributed by atoms with Gasteiger partial charge < -0.3 is 29.7 Å². The summed E-state index contributed by atoms with van der Waals surface area (Å²) in [5, 5.41) is 45.0. The van der Waals surface area contributed by atoms with E-state index < -0.39 is 23.9 Å². The van der Waals surface area contributed by atoms with Gasteiger partial charge in [0.1, 0.15) is 11.6 Å². The summed E-state index contributed by atoms with van der Waals surface area (Å²) < 4.78 is 5.41. The van der Waals surface area contributed by atoms with Crippen molar-refractivity contribution in [1.82, 2.24) is 9.88 Å². The molecule has 0 bridgehead atoms. The second kappa shape index (κ2) is 7.85. The predicted octanol–water partition coefficient (Wildman–Crippen LogP) is 2.81. The largest absolute Gasteiger partial charge is 0.443 e. The Hall–Kier alpha value is -2.29. The molecule has 35 heavy (non-hydrogen) atoms. The molecule has 7 unspecified atom stereocenters. The molecule has 7 heteroatoms. The number of benzene rings is 1. The van der Waals surface area contributed by atoms with Crippen LogP contribution < -0.4 is 0 Å². The summed E-state index contributed by atoms with van der Waals surface area (Å²) in [6.45, 7) is 2.23. The molecule has 1 fully saturated rings. The van der Waals surface area contributed by atoms with Gasteiger partial charge in [-0.05, 0) is 86.5 Å². The summed E-state index contributed by atoms with van der Waals surface area (Å²) >= 11 is 0. The third-order valence-corrected chi connectivity index (χ3v) is 9.25. The van der Waals surface area contributed by atoms with Gasteiger partial charge in [0.25, 0.3) is 0 Å². The van der Waals surface area contributed by atoms with Crippen molar-refractivity contribution < 1.29 is 24.8 Å². The second-order valence-electron chi connectivity index (χ2n) is 11.4. The van der Waals surface area contributed by atoms with E-state index in [0.29, 0.717) is 31.3 Å². The van der Waals surface area contributed by atoms with Crippen LogP contribution in [0.4, 0.5) is 0 Å². The molecule has 4 aliphatic rings. The van der Waals surface area contributed by atoms with E-state index in [4.69, 9.17) is 4.42 Å². The van der Waals surface area contributed by atoms with Crippen molar-refractivity contribution in [2.24, 2.45) is 11.3 Å². The third-order valence-electron chi connectivity index (χ3n) is 9.25. The highest BCUT2D eigenvalue weighted by molar-refractivity contribution is 5.82. The smallest absolute Gasteiger partial charge is 0.181 e. The van der Waals surface area contributed by atoms with E-state index in [0.717, 1.165) is 28.7 Å². The lowest BCUT2D eigenvalue weighted by Crippen LogP contribution is -2.58. The monoisotopic (exact) mass is 478 g/mol. The van der Waals surface area contributed by atoms with Crippen molar-refractivity contribution in [3.63, 3.8) is 0 Å². The average Bonchev–Trinajstić information content (AvgIpc) is 3.37. The molecule has 0 amide bonds. The maximum Gasteiger partial charge on any atom is 0.181 e. The zero-order valence-electron chi connectivity index (χ0n) is 20.5. The quantitative estimate of drug-likeness (QED) is 0.525. The van der Waals surface area contributed by atoms with Gasteiger partial charge in [0.15, 0.2) is 12.0 Å². The van der Waals surface area contributed by atoms with E-state index >= 15 is 0 Å². The first-order chi connectivity index (χ1) is 16.6. The molecule has 0 saturated heterocycles. The van der Waals surface area contributed by atoms with Gasteiger partial charge in [0.2, 0.25) is 0 Å². The van der Waals surface area contributed by atoms with Crippen molar-refractivity contribution in [2.45, 2.75) is 69.0 Å². The highest BCUT2D eigenvalue weighted by Crippen LogP contribution is 2.60. The number of rotatable bonds is 2. The highest BCUT2D eigenvalue weighted by Gasteiger charge is 2.53. The van der Waals surface area contributed by atoms with E-state index in [2.05, 4.69) is 30.1 Å². The number of nitrogens with zero attached hydrogens (tertiary/aromatic N) is 2. The summed E-state index contributed by atoms with van der Waals surface area (Å²) in [6.07, 6.45) is 5.57. The topological polar surface area (TPSA) is 110 Å². The van der Waals surface area contributed by atoms with Gasteiger partial charge in [-0.2, -0.15) is 0 Å². The van der Waals surface area contributed by atoms with Gasteiger partial charge in [0.05, 0.1) is 17.8 Å². The molecule has 1 saturated carbocycles. The van der Waals surface area contributed by atoms with Gasteiger partial charge >= 0.3 is 0 Å². The Morgan fingerprint density at radius 2 is 1.94 bits per heavy atom. The van der Waals surface area contributed by atoms with Crippen LogP contribution in [0.5, 0.6) is 0 Å². The molecule has 0 spiro atoms. The molecule has 0 radical (unpaired) electrons.